The zero-order valence-corrected chi connectivity index (χ0v) is 16.3. The number of nitrogens with zero attached hydrogens (tertiary/aromatic N) is 2. The molecule has 0 fully saturated rings. The molecule has 0 saturated carbocycles. The maximum atomic E-state index is 12.0. The molecule has 2 aromatic rings. The number of aromatic nitrogens is 1. The Labute approximate surface area is 160 Å². The van der Waals surface area contributed by atoms with Gasteiger partial charge in [-0.1, -0.05) is 18.2 Å². The molecule has 1 aliphatic carbocycles. The van der Waals surface area contributed by atoms with Gasteiger partial charge in [-0.05, 0) is 44.2 Å². The SMILES string of the molecule is CCn1c(-c2ccc(S(=O)(=O)NC)cc2)c(C#N)c2c1=CC(OC)=CCC=2.[HH]. The average molecular weight is 385 g/mol. The van der Waals surface area contributed by atoms with Crippen LogP contribution >= 0.6 is 0 Å². The number of nitriles is 1. The van der Waals surface area contributed by atoms with Gasteiger partial charge in [-0.25, -0.2) is 13.1 Å². The minimum absolute atomic E-state index is 0. The maximum absolute atomic E-state index is 12.0. The van der Waals surface area contributed by atoms with Crippen molar-refractivity contribution in [3.63, 3.8) is 0 Å². The van der Waals surface area contributed by atoms with Crippen LogP contribution in [0.15, 0.2) is 41.0 Å². The van der Waals surface area contributed by atoms with Crippen LogP contribution in [0.3, 0.4) is 0 Å². The molecule has 0 unspecified atom stereocenters. The highest BCUT2D eigenvalue weighted by Gasteiger charge is 2.18. The number of allylic oxidation sites excluding steroid dienone is 2. The first-order chi connectivity index (χ1) is 13.0. The Bertz CT molecular complexity index is 1170. The van der Waals surface area contributed by atoms with Crippen molar-refractivity contribution in [2.24, 2.45) is 0 Å². The van der Waals surface area contributed by atoms with Crippen LogP contribution < -0.4 is 15.3 Å². The Morgan fingerprint density at radius 3 is 2.56 bits per heavy atom. The summed E-state index contributed by atoms with van der Waals surface area (Å²) in [5.74, 6) is 0.753. The van der Waals surface area contributed by atoms with Gasteiger partial charge in [0, 0.05) is 19.3 Å². The highest BCUT2D eigenvalue weighted by Crippen LogP contribution is 2.23. The maximum Gasteiger partial charge on any atom is 0.240 e. The molecule has 1 N–H and O–H groups in total. The Morgan fingerprint density at radius 1 is 1.30 bits per heavy atom. The number of rotatable bonds is 5. The molecular formula is C20H23N3O3S. The number of hydrogen-bond donors (Lipinski definition) is 1. The predicted molar refractivity (Wildman–Crippen MR) is 107 cm³/mol. The van der Waals surface area contributed by atoms with Crippen molar-refractivity contribution >= 4 is 22.2 Å². The van der Waals surface area contributed by atoms with Crippen LogP contribution in [-0.2, 0) is 21.3 Å². The minimum atomic E-state index is -3.50. The minimum Gasteiger partial charge on any atom is -0.497 e. The number of methoxy groups -OCH3 is 1. The standard InChI is InChI=1S/C20H21N3O3S.H2/c1-4-23-19-12-15(26-3)6-5-7-17(19)18(13-21)20(23)14-8-10-16(11-9-14)27(24,25)22-2;/h6-12,22H,4-5H2,1-3H3;1H. The van der Waals surface area contributed by atoms with E-state index in [1.165, 1.54) is 7.05 Å². The fourth-order valence-corrected chi connectivity index (χ4v) is 4.03. The summed E-state index contributed by atoms with van der Waals surface area (Å²) < 4.78 is 33.7. The molecule has 6 nitrogen and oxygen atoms in total. The van der Waals surface area contributed by atoms with Gasteiger partial charge in [-0.15, -0.1) is 0 Å². The first-order valence-corrected chi connectivity index (χ1v) is 10.1. The van der Waals surface area contributed by atoms with Crippen molar-refractivity contribution in [3.8, 4) is 17.3 Å². The summed E-state index contributed by atoms with van der Waals surface area (Å²) >= 11 is 0. The molecule has 0 spiro atoms. The van der Waals surface area contributed by atoms with E-state index in [-0.39, 0.29) is 6.32 Å². The van der Waals surface area contributed by atoms with Crippen molar-refractivity contribution < 1.29 is 14.6 Å². The first-order valence-electron chi connectivity index (χ1n) is 8.59. The normalized spacial score (nSPS) is 13.5. The topological polar surface area (TPSA) is 84.1 Å². The van der Waals surface area contributed by atoms with Gasteiger partial charge < -0.3 is 9.30 Å². The number of fused-ring (bicyclic) bond motifs is 1. The highest BCUT2D eigenvalue weighted by atomic mass is 32.2. The molecule has 0 saturated heterocycles. The zero-order valence-electron chi connectivity index (χ0n) is 15.5. The lowest BCUT2D eigenvalue weighted by Gasteiger charge is -2.10. The third-order valence-corrected chi connectivity index (χ3v) is 6.06. The van der Waals surface area contributed by atoms with E-state index < -0.39 is 10.0 Å². The summed E-state index contributed by atoms with van der Waals surface area (Å²) in [6.45, 7) is 2.68. The zero-order chi connectivity index (χ0) is 19.6. The van der Waals surface area contributed by atoms with Crippen LogP contribution in [0.2, 0.25) is 0 Å². The lowest BCUT2D eigenvalue weighted by molar-refractivity contribution is 0.312. The Morgan fingerprint density at radius 2 is 2.00 bits per heavy atom. The summed E-state index contributed by atoms with van der Waals surface area (Å²) in [5.41, 5.74) is 2.16. The summed E-state index contributed by atoms with van der Waals surface area (Å²) in [5, 5.41) is 11.6. The molecule has 0 radical (unpaired) electrons. The van der Waals surface area contributed by atoms with Gasteiger partial charge in [-0.3, -0.25) is 0 Å². The van der Waals surface area contributed by atoms with E-state index in [0.717, 1.165) is 27.6 Å². The number of sulfonamides is 1. The summed E-state index contributed by atoms with van der Waals surface area (Å²) in [7, 11) is -0.502. The lowest BCUT2D eigenvalue weighted by atomic mass is 10.1. The number of ether oxygens (including phenoxy) is 1. The van der Waals surface area contributed by atoms with Crippen molar-refractivity contribution in [2.45, 2.75) is 24.8 Å². The average Bonchev–Trinajstić information content (AvgIpc) is 2.83. The van der Waals surface area contributed by atoms with Crippen LogP contribution in [0.1, 0.15) is 20.3 Å². The van der Waals surface area contributed by atoms with Crippen LogP contribution in [0, 0.1) is 11.3 Å². The number of hydrogen-bond acceptors (Lipinski definition) is 4. The molecule has 0 amide bonds. The van der Waals surface area contributed by atoms with Gasteiger partial charge >= 0.3 is 0 Å². The second-order valence-electron chi connectivity index (χ2n) is 6.01. The molecule has 1 aliphatic rings. The second kappa shape index (κ2) is 7.43. The van der Waals surface area contributed by atoms with Crippen molar-refractivity contribution in [1.29, 1.82) is 5.26 Å². The summed E-state index contributed by atoms with van der Waals surface area (Å²) in [6.07, 6.45) is 6.60. The predicted octanol–water partition coefficient (Wildman–Crippen LogP) is 1.70. The molecule has 27 heavy (non-hydrogen) atoms. The van der Waals surface area contributed by atoms with Gasteiger partial charge in [0.05, 0.1) is 28.6 Å². The van der Waals surface area contributed by atoms with Crippen molar-refractivity contribution in [2.75, 3.05) is 14.2 Å². The van der Waals surface area contributed by atoms with E-state index in [9.17, 15) is 13.7 Å². The lowest BCUT2D eigenvalue weighted by Crippen LogP contribution is -2.29. The fourth-order valence-electron chi connectivity index (χ4n) is 3.30. The Balaban J connectivity index is 0.00000280. The van der Waals surface area contributed by atoms with E-state index in [4.69, 9.17) is 4.74 Å². The third-order valence-electron chi connectivity index (χ3n) is 4.63. The van der Waals surface area contributed by atoms with Crippen molar-refractivity contribution in [3.05, 3.63) is 52.2 Å². The van der Waals surface area contributed by atoms with Crippen LogP contribution in [0.4, 0.5) is 0 Å². The van der Waals surface area contributed by atoms with Crippen LogP contribution in [0.5, 0.6) is 0 Å². The van der Waals surface area contributed by atoms with Gasteiger partial charge in [-0.2, -0.15) is 5.26 Å². The van der Waals surface area contributed by atoms with E-state index in [0.29, 0.717) is 18.5 Å². The van der Waals surface area contributed by atoms with Gasteiger partial charge in [0.2, 0.25) is 10.0 Å². The molecule has 142 valence electrons. The number of nitrogens with one attached hydrogen (secondary N) is 1. The highest BCUT2D eigenvalue weighted by molar-refractivity contribution is 7.89. The molecule has 1 heterocycles. The van der Waals surface area contributed by atoms with E-state index >= 15 is 0 Å². The molecular weight excluding hydrogens is 362 g/mol. The van der Waals surface area contributed by atoms with Gasteiger partial charge in [0.1, 0.15) is 11.8 Å². The third kappa shape index (κ3) is 3.29. The molecule has 0 aliphatic heterocycles. The Kier molecular flexibility index (Phi) is 5.22. The van der Waals surface area contributed by atoms with E-state index in [1.54, 1.807) is 31.4 Å². The molecule has 3 rings (SSSR count). The molecule has 1 aromatic heterocycles. The Hall–Kier alpha value is -2.82. The quantitative estimate of drug-likeness (QED) is 0.849. The molecule has 0 bridgehead atoms. The van der Waals surface area contributed by atoms with Crippen molar-refractivity contribution in [1.82, 2.24) is 9.29 Å². The molecule has 0 atom stereocenters. The summed E-state index contributed by atoms with van der Waals surface area (Å²) in [4.78, 5) is 0.186. The smallest absolute Gasteiger partial charge is 0.240 e. The fraction of sp³-hybridized carbons (Fsp3) is 0.250. The first kappa shape index (κ1) is 19.0. The molecule has 1 aromatic carbocycles. The van der Waals surface area contributed by atoms with Crippen LogP contribution in [0.25, 0.3) is 23.4 Å². The second-order valence-corrected chi connectivity index (χ2v) is 7.89. The summed E-state index contributed by atoms with van der Waals surface area (Å²) in [6, 6.07) is 8.90. The monoisotopic (exact) mass is 385 g/mol. The number of benzene rings is 1. The van der Waals surface area contributed by atoms with E-state index in [1.807, 2.05) is 25.2 Å². The molecule has 7 heteroatoms. The van der Waals surface area contributed by atoms with Crippen LogP contribution in [-0.4, -0.2) is 27.1 Å². The largest absolute Gasteiger partial charge is 0.497 e. The van der Waals surface area contributed by atoms with Gasteiger partial charge in [0.25, 0.3) is 0 Å². The van der Waals surface area contributed by atoms with Gasteiger partial charge in [0.15, 0.2) is 0 Å². The van der Waals surface area contributed by atoms with E-state index in [2.05, 4.69) is 15.4 Å².